The number of benzene rings is 1. The molecule has 4 aliphatic rings. The van der Waals surface area contributed by atoms with Crippen LogP contribution in [-0.2, 0) is 16.1 Å². The van der Waals surface area contributed by atoms with Crippen LogP contribution in [0.25, 0.3) is 0 Å². The molecule has 3 heterocycles. The summed E-state index contributed by atoms with van der Waals surface area (Å²) in [7, 11) is 0. The Morgan fingerprint density at radius 1 is 0.970 bits per heavy atom. The molecular formula is C26H33N3O4. The van der Waals surface area contributed by atoms with Gasteiger partial charge in [0, 0.05) is 38.6 Å². The van der Waals surface area contributed by atoms with Crippen LogP contribution in [-0.4, -0.2) is 72.6 Å². The summed E-state index contributed by atoms with van der Waals surface area (Å²) in [5, 5.41) is 0. The molecule has 5 rings (SSSR count). The maximum absolute atomic E-state index is 13.1. The Morgan fingerprint density at radius 2 is 1.67 bits per heavy atom. The molecule has 1 aromatic carbocycles. The molecule has 0 N–H and O–H groups in total. The summed E-state index contributed by atoms with van der Waals surface area (Å²) in [6.07, 6.45) is 1.59. The third-order valence-electron chi connectivity index (χ3n) is 8.48. The molecule has 2 saturated heterocycles. The lowest BCUT2D eigenvalue weighted by Crippen LogP contribution is -2.59. The largest absolute Gasteiger partial charge is 0.454 e. The number of piperazine rings is 1. The number of amides is 2. The van der Waals surface area contributed by atoms with Crippen LogP contribution < -0.4 is 9.47 Å². The van der Waals surface area contributed by atoms with Crippen molar-refractivity contribution in [3.63, 3.8) is 0 Å². The second-order valence-electron chi connectivity index (χ2n) is 10.5. The van der Waals surface area contributed by atoms with Gasteiger partial charge in [-0.15, -0.1) is 0 Å². The number of likely N-dealkylation sites (tertiary alicyclic amines) is 1. The van der Waals surface area contributed by atoms with Crippen molar-refractivity contribution in [1.82, 2.24) is 14.7 Å². The third kappa shape index (κ3) is 3.79. The Morgan fingerprint density at radius 3 is 2.45 bits per heavy atom. The Bertz CT molecular complexity index is 1020. The van der Waals surface area contributed by atoms with E-state index < -0.39 is 5.41 Å². The van der Waals surface area contributed by atoms with Crippen molar-refractivity contribution in [2.45, 2.75) is 40.2 Å². The first kappa shape index (κ1) is 22.2. The maximum Gasteiger partial charge on any atom is 0.236 e. The van der Waals surface area contributed by atoms with Gasteiger partial charge in [0.2, 0.25) is 18.6 Å². The number of hydrogen-bond acceptors (Lipinski definition) is 6. The molecule has 0 unspecified atom stereocenters. The predicted molar refractivity (Wildman–Crippen MR) is 123 cm³/mol. The monoisotopic (exact) mass is 451 g/mol. The number of ether oxygens (including phenoxy) is 2. The van der Waals surface area contributed by atoms with Gasteiger partial charge in [-0.3, -0.25) is 24.3 Å². The van der Waals surface area contributed by atoms with E-state index in [1.165, 1.54) is 10.5 Å². The minimum Gasteiger partial charge on any atom is -0.454 e. The van der Waals surface area contributed by atoms with Crippen LogP contribution in [0.15, 0.2) is 18.2 Å². The number of carbonyl (C=O) groups excluding carboxylic acids is 2. The number of nitrogens with zero attached hydrogens (tertiary/aromatic N) is 3. The van der Waals surface area contributed by atoms with E-state index in [9.17, 15) is 9.59 Å². The van der Waals surface area contributed by atoms with Crippen LogP contribution in [0.2, 0.25) is 0 Å². The van der Waals surface area contributed by atoms with E-state index in [1.807, 2.05) is 13.0 Å². The number of imide groups is 1. The summed E-state index contributed by atoms with van der Waals surface area (Å²) in [6.45, 7) is 12.1. The second-order valence-corrected chi connectivity index (χ2v) is 10.5. The molecule has 3 fully saturated rings. The smallest absolute Gasteiger partial charge is 0.236 e. The average molecular weight is 452 g/mol. The van der Waals surface area contributed by atoms with Gasteiger partial charge in [0.15, 0.2) is 11.5 Å². The molecule has 2 bridgehead atoms. The van der Waals surface area contributed by atoms with Gasteiger partial charge in [0.25, 0.3) is 0 Å². The van der Waals surface area contributed by atoms with E-state index in [0.29, 0.717) is 13.3 Å². The average Bonchev–Trinajstić information content (AvgIpc) is 3.33. The predicted octanol–water partition coefficient (Wildman–Crippen LogP) is 2.35. The Kier molecular flexibility index (Phi) is 5.62. The van der Waals surface area contributed by atoms with E-state index in [4.69, 9.17) is 9.47 Å². The first-order chi connectivity index (χ1) is 15.8. The summed E-state index contributed by atoms with van der Waals surface area (Å²) in [6, 6.07) is 6.15. The molecule has 7 heteroatoms. The number of piperidine rings is 1. The molecule has 1 saturated carbocycles. The molecule has 0 aromatic heterocycles. The standard InChI is InChI=1S/C26H33N3O4/c1-25(2)20-8-9-26(25,3)24(31)29(23(20)30)11-5-4-10-27-12-14-28(15-13-27)17-19-6-7-21-22(16-19)33-18-32-21/h6-7,16,20H,8-15,17-18H2,1-3H3/t20-,26+/m1/s1. The Balaban J connectivity index is 1.10. The molecule has 1 aliphatic carbocycles. The quantitative estimate of drug-likeness (QED) is 0.517. The second kappa shape index (κ2) is 8.34. The molecular weight excluding hydrogens is 418 g/mol. The number of fused-ring (bicyclic) bond motifs is 3. The van der Waals surface area contributed by atoms with Crippen molar-refractivity contribution in [2.75, 3.05) is 46.1 Å². The van der Waals surface area contributed by atoms with Gasteiger partial charge in [-0.1, -0.05) is 38.7 Å². The van der Waals surface area contributed by atoms with Gasteiger partial charge in [-0.25, -0.2) is 0 Å². The van der Waals surface area contributed by atoms with E-state index in [-0.39, 0.29) is 29.7 Å². The lowest BCUT2D eigenvalue weighted by atomic mass is 9.62. The molecule has 2 atom stereocenters. The van der Waals surface area contributed by atoms with Crippen LogP contribution in [0.5, 0.6) is 11.5 Å². The normalized spacial score (nSPS) is 28.7. The fraction of sp³-hybridized carbons (Fsp3) is 0.615. The number of carbonyl (C=O) groups is 2. The molecule has 0 radical (unpaired) electrons. The highest BCUT2D eigenvalue weighted by Gasteiger charge is 2.64. The first-order valence-electron chi connectivity index (χ1n) is 11.9. The minimum absolute atomic E-state index is 0.0357. The molecule has 33 heavy (non-hydrogen) atoms. The highest BCUT2D eigenvalue weighted by atomic mass is 16.7. The Hall–Kier alpha value is -2.56. The summed E-state index contributed by atoms with van der Waals surface area (Å²) >= 11 is 0. The molecule has 2 amide bonds. The van der Waals surface area contributed by atoms with Gasteiger partial charge >= 0.3 is 0 Å². The van der Waals surface area contributed by atoms with Crippen molar-refractivity contribution in [2.24, 2.45) is 16.7 Å². The zero-order valence-electron chi connectivity index (χ0n) is 19.9. The summed E-state index contributed by atoms with van der Waals surface area (Å²) in [5.74, 6) is 7.81. The fourth-order valence-electron chi connectivity index (χ4n) is 5.76. The van der Waals surface area contributed by atoms with Gasteiger partial charge in [-0.2, -0.15) is 0 Å². The fourth-order valence-corrected chi connectivity index (χ4v) is 5.76. The van der Waals surface area contributed by atoms with Crippen LogP contribution in [0.1, 0.15) is 39.2 Å². The van der Waals surface area contributed by atoms with Crippen molar-refractivity contribution >= 4 is 11.8 Å². The molecule has 7 nitrogen and oxygen atoms in total. The lowest BCUT2D eigenvalue weighted by molar-refractivity contribution is -0.166. The van der Waals surface area contributed by atoms with Gasteiger partial charge in [-0.05, 0) is 36.0 Å². The number of hydrogen-bond donors (Lipinski definition) is 0. The highest BCUT2D eigenvalue weighted by molar-refractivity contribution is 6.04. The van der Waals surface area contributed by atoms with Crippen LogP contribution >= 0.6 is 0 Å². The Labute approximate surface area is 196 Å². The summed E-state index contributed by atoms with van der Waals surface area (Å²) < 4.78 is 10.9. The molecule has 3 aliphatic heterocycles. The molecule has 176 valence electrons. The van der Waals surface area contributed by atoms with Gasteiger partial charge in [0.1, 0.15) is 0 Å². The minimum atomic E-state index is -0.457. The van der Waals surface area contributed by atoms with E-state index in [2.05, 4.69) is 47.6 Å². The zero-order valence-corrected chi connectivity index (χ0v) is 19.9. The lowest BCUT2D eigenvalue weighted by Gasteiger charge is -2.47. The van der Waals surface area contributed by atoms with Crippen LogP contribution in [0.4, 0.5) is 0 Å². The maximum atomic E-state index is 13.1. The summed E-state index contributed by atoms with van der Waals surface area (Å²) in [5.41, 5.74) is 0.502. The molecule has 0 spiro atoms. The van der Waals surface area contributed by atoms with Crippen molar-refractivity contribution < 1.29 is 19.1 Å². The molecule has 1 aromatic rings. The van der Waals surface area contributed by atoms with Crippen LogP contribution in [0.3, 0.4) is 0 Å². The number of rotatable bonds is 4. The van der Waals surface area contributed by atoms with Crippen LogP contribution in [0, 0.1) is 28.6 Å². The van der Waals surface area contributed by atoms with E-state index >= 15 is 0 Å². The van der Waals surface area contributed by atoms with Crippen molar-refractivity contribution in [3.05, 3.63) is 23.8 Å². The van der Waals surface area contributed by atoms with Crippen molar-refractivity contribution in [3.8, 4) is 23.3 Å². The van der Waals surface area contributed by atoms with Crippen molar-refractivity contribution in [1.29, 1.82) is 0 Å². The van der Waals surface area contributed by atoms with E-state index in [0.717, 1.165) is 57.1 Å². The first-order valence-corrected chi connectivity index (χ1v) is 11.9. The van der Waals surface area contributed by atoms with Gasteiger partial charge in [0.05, 0.1) is 18.5 Å². The van der Waals surface area contributed by atoms with E-state index in [1.54, 1.807) is 0 Å². The highest BCUT2D eigenvalue weighted by Crippen LogP contribution is 2.59. The SMILES string of the molecule is CC1(C)[C@@H]2CC[C@@]1(C)C(=O)N(CC#CCN1CCN(Cc3ccc4c(c3)OCO4)CC1)C2=O. The third-order valence-corrected chi connectivity index (χ3v) is 8.48. The summed E-state index contributed by atoms with van der Waals surface area (Å²) in [4.78, 5) is 32.2. The zero-order chi connectivity index (χ0) is 23.2. The topological polar surface area (TPSA) is 62.3 Å². The van der Waals surface area contributed by atoms with Gasteiger partial charge < -0.3 is 9.47 Å².